The molecule has 1 unspecified atom stereocenters. The molecule has 0 spiro atoms. The van der Waals surface area contributed by atoms with Crippen molar-refractivity contribution >= 4 is 16.1 Å². The van der Waals surface area contributed by atoms with E-state index in [1.54, 1.807) is 0 Å². The SMILES string of the molecule is O=C1CC(S(=O)(=O)F)CN1CCc1ccc(C(F)(F)F)cc1. The Labute approximate surface area is 124 Å². The molecule has 0 radical (unpaired) electrons. The highest BCUT2D eigenvalue weighted by Crippen LogP contribution is 2.29. The second kappa shape index (κ2) is 5.86. The van der Waals surface area contributed by atoms with E-state index in [1.807, 2.05) is 0 Å². The highest BCUT2D eigenvalue weighted by Gasteiger charge is 2.38. The topological polar surface area (TPSA) is 54.5 Å². The Balaban J connectivity index is 1.95. The van der Waals surface area contributed by atoms with Crippen molar-refractivity contribution in [2.75, 3.05) is 13.1 Å². The van der Waals surface area contributed by atoms with Crippen LogP contribution < -0.4 is 0 Å². The fraction of sp³-hybridized carbons (Fsp3) is 0.462. The third kappa shape index (κ3) is 3.96. The van der Waals surface area contributed by atoms with Crippen LogP contribution in [-0.2, 0) is 27.6 Å². The van der Waals surface area contributed by atoms with Crippen LogP contribution in [-0.4, -0.2) is 37.6 Å². The van der Waals surface area contributed by atoms with Crippen molar-refractivity contribution in [2.45, 2.75) is 24.3 Å². The zero-order valence-electron chi connectivity index (χ0n) is 11.3. The Morgan fingerprint density at radius 3 is 2.23 bits per heavy atom. The van der Waals surface area contributed by atoms with E-state index in [-0.39, 0.29) is 19.5 Å². The minimum Gasteiger partial charge on any atom is -0.341 e. The average molecular weight is 339 g/mol. The highest BCUT2D eigenvalue weighted by molar-refractivity contribution is 7.87. The van der Waals surface area contributed by atoms with E-state index >= 15 is 0 Å². The summed E-state index contributed by atoms with van der Waals surface area (Å²) in [5.74, 6) is -0.474. The molecule has 1 aliphatic heterocycles. The number of hydrogen-bond acceptors (Lipinski definition) is 3. The molecular weight excluding hydrogens is 326 g/mol. The number of alkyl halides is 3. The predicted octanol–water partition coefficient (Wildman–Crippen LogP) is 2.15. The van der Waals surface area contributed by atoms with Crippen LogP contribution in [0.2, 0.25) is 0 Å². The zero-order valence-corrected chi connectivity index (χ0v) is 12.1. The largest absolute Gasteiger partial charge is 0.416 e. The van der Waals surface area contributed by atoms with Crippen LogP contribution in [0.15, 0.2) is 24.3 Å². The lowest BCUT2D eigenvalue weighted by Gasteiger charge is -2.16. The number of halogens is 4. The molecule has 0 saturated carbocycles. The summed E-state index contributed by atoms with van der Waals surface area (Å²) < 4.78 is 71.6. The molecule has 2 rings (SSSR count). The standard InChI is InChI=1S/C13H13F4NO3S/c14-13(15,16)10-3-1-9(2-4-10)5-6-18-8-11(7-12(18)19)22(17,20)21/h1-4,11H,5-8H2. The normalized spacial score (nSPS) is 19.7. The Kier molecular flexibility index (Phi) is 4.46. The summed E-state index contributed by atoms with van der Waals surface area (Å²) in [6, 6.07) is 4.48. The van der Waals surface area contributed by atoms with Crippen molar-refractivity contribution in [2.24, 2.45) is 0 Å². The van der Waals surface area contributed by atoms with Crippen LogP contribution >= 0.6 is 0 Å². The van der Waals surface area contributed by atoms with Gasteiger partial charge in [-0.3, -0.25) is 4.79 Å². The summed E-state index contributed by atoms with van der Waals surface area (Å²) in [6.45, 7) is -0.0888. The highest BCUT2D eigenvalue weighted by atomic mass is 32.3. The molecule has 22 heavy (non-hydrogen) atoms. The van der Waals surface area contributed by atoms with E-state index < -0.39 is 39.5 Å². The van der Waals surface area contributed by atoms with Gasteiger partial charge in [-0.15, -0.1) is 3.89 Å². The Morgan fingerprint density at radius 2 is 1.77 bits per heavy atom. The monoisotopic (exact) mass is 339 g/mol. The number of amides is 1. The summed E-state index contributed by atoms with van der Waals surface area (Å²) in [5, 5.41) is -1.35. The van der Waals surface area contributed by atoms with Gasteiger partial charge in [-0.2, -0.15) is 21.6 Å². The molecule has 1 atom stereocenters. The van der Waals surface area contributed by atoms with Crippen molar-refractivity contribution < 1.29 is 30.3 Å². The number of carbonyl (C=O) groups is 1. The first-order valence-electron chi connectivity index (χ1n) is 6.45. The lowest BCUT2D eigenvalue weighted by molar-refractivity contribution is -0.137. The van der Waals surface area contributed by atoms with E-state index in [1.165, 1.54) is 17.0 Å². The van der Waals surface area contributed by atoms with Gasteiger partial charge in [-0.05, 0) is 24.1 Å². The molecule has 9 heteroatoms. The second-order valence-corrected chi connectivity index (χ2v) is 6.70. The molecule has 122 valence electrons. The van der Waals surface area contributed by atoms with Crippen LogP contribution in [0.25, 0.3) is 0 Å². The lowest BCUT2D eigenvalue weighted by atomic mass is 10.1. The molecule has 4 nitrogen and oxygen atoms in total. The first kappa shape index (κ1) is 16.7. The minimum absolute atomic E-state index is 0.135. The van der Waals surface area contributed by atoms with Gasteiger partial charge in [0.1, 0.15) is 5.25 Å². The fourth-order valence-corrected chi connectivity index (χ4v) is 2.96. The second-order valence-electron chi connectivity index (χ2n) is 5.09. The summed E-state index contributed by atoms with van der Waals surface area (Å²) >= 11 is 0. The molecule has 1 saturated heterocycles. The molecular formula is C13H13F4NO3S. The van der Waals surface area contributed by atoms with Crippen molar-refractivity contribution in [3.05, 3.63) is 35.4 Å². The minimum atomic E-state index is -4.76. The van der Waals surface area contributed by atoms with Crippen LogP contribution in [0.5, 0.6) is 0 Å². The van der Waals surface area contributed by atoms with E-state index in [9.17, 15) is 30.3 Å². The van der Waals surface area contributed by atoms with Gasteiger partial charge in [-0.1, -0.05) is 12.1 Å². The quantitative estimate of drug-likeness (QED) is 0.624. The maximum absolute atomic E-state index is 12.8. The zero-order chi connectivity index (χ0) is 16.5. The molecule has 1 fully saturated rings. The summed E-state index contributed by atoms with van der Waals surface area (Å²) in [4.78, 5) is 12.8. The molecule has 1 amide bonds. The van der Waals surface area contributed by atoms with Gasteiger partial charge in [-0.25, -0.2) is 0 Å². The van der Waals surface area contributed by atoms with Gasteiger partial charge in [0.2, 0.25) is 5.91 Å². The van der Waals surface area contributed by atoms with E-state index in [2.05, 4.69) is 0 Å². The lowest BCUT2D eigenvalue weighted by Crippen LogP contribution is -2.29. The Hall–Kier alpha value is -1.64. The molecule has 1 aliphatic rings. The van der Waals surface area contributed by atoms with Gasteiger partial charge in [0.05, 0.1) is 5.56 Å². The number of likely N-dealkylation sites (tertiary alicyclic amines) is 1. The summed E-state index contributed by atoms with van der Waals surface area (Å²) in [5.41, 5.74) is -0.190. The third-order valence-corrected chi connectivity index (χ3v) is 4.64. The molecule has 1 heterocycles. The number of rotatable bonds is 4. The summed E-state index contributed by atoms with van der Waals surface area (Å²) in [6.07, 6.45) is -4.54. The first-order valence-corrected chi connectivity index (χ1v) is 7.89. The van der Waals surface area contributed by atoms with Crippen LogP contribution in [0.1, 0.15) is 17.5 Å². The Morgan fingerprint density at radius 1 is 1.18 bits per heavy atom. The van der Waals surface area contributed by atoms with Crippen LogP contribution in [0, 0.1) is 0 Å². The smallest absolute Gasteiger partial charge is 0.341 e. The predicted molar refractivity (Wildman–Crippen MR) is 70.2 cm³/mol. The van der Waals surface area contributed by atoms with Crippen molar-refractivity contribution in [1.29, 1.82) is 0 Å². The fourth-order valence-electron chi connectivity index (χ4n) is 2.27. The number of carbonyl (C=O) groups excluding carboxylic acids is 1. The molecule has 0 N–H and O–H groups in total. The van der Waals surface area contributed by atoms with Gasteiger partial charge in [0, 0.05) is 19.5 Å². The van der Waals surface area contributed by atoms with E-state index in [4.69, 9.17) is 0 Å². The number of nitrogens with zero attached hydrogens (tertiary/aromatic N) is 1. The third-order valence-electron chi connectivity index (χ3n) is 3.53. The number of hydrogen-bond donors (Lipinski definition) is 0. The van der Waals surface area contributed by atoms with Gasteiger partial charge in [0.15, 0.2) is 0 Å². The van der Waals surface area contributed by atoms with E-state index in [0.29, 0.717) is 5.56 Å². The van der Waals surface area contributed by atoms with E-state index in [0.717, 1.165) is 12.1 Å². The molecule has 1 aromatic rings. The van der Waals surface area contributed by atoms with Gasteiger partial charge < -0.3 is 4.90 Å². The molecule has 0 aliphatic carbocycles. The summed E-state index contributed by atoms with van der Waals surface area (Å²) in [7, 11) is -4.76. The van der Waals surface area contributed by atoms with Crippen LogP contribution in [0.4, 0.5) is 17.1 Å². The first-order chi connectivity index (χ1) is 10.1. The maximum atomic E-state index is 12.8. The maximum Gasteiger partial charge on any atom is 0.416 e. The van der Waals surface area contributed by atoms with Crippen LogP contribution in [0.3, 0.4) is 0 Å². The van der Waals surface area contributed by atoms with Crippen molar-refractivity contribution in [3.63, 3.8) is 0 Å². The number of benzene rings is 1. The van der Waals surface area contributed by atoms with Crippen molar-refractivity contribution in [3.8, 4) is 0 Å². The van der Waals surface area contributed by atoms with Gasteiger partial charge >= 0.3 is 16.4 Å². The molecule has 1 aromatic carbocycles. The molecule has 0 aromatic heterocycles. The molecule has 0 bridgehead atoms. The van der Waals surface area contributed by atoms with Gasteiger partial charge in [0.25, 0.3) is 0 Å². The Bertz CT molecular complexity index is 655. The average Bonchev–Trinajstić information content (AvgIpc) is 2.77. The van der Waals surface area contributed by atoms with Crippen molar-refractivity contribution in [1.82, 2.24) is 4.90 Å².